The van der Waals surface area contributed by atoms with Gasteiger partial charge in [0.2, 0.25) is 11.9 Å². The summed E-state index contributed by atoms with van der Waals surface area (Å²) in [5, 5.41) is 12.9. The third kappa shape index (κ3) is 7.11. The van der Waals surface area contributed by atoms with Gasteiger partial charge in [-0.05, 0) is 12.3 Å². The fourth-order valence-corrected chi connectivity index (χ4v) is 2.19. The molecule has 0 bridgehead atoms. The van der Waals surface area contributed by atoms with Crippen LogP contribution in [-0.4, -0.2) is 35.9 Å². The van der Waals surface area contributed by atoms with Crippen molar-refractivity contribution in [3.8, 4) is 0 Å². The van der Waals surface area contributed by atoms with Crippen LogP contribution in [0.4, 0.5) is 0 Å². The first kappa shape index (κ1) is 19.4. The van der Waals surface area contributed by atoms with E-state index in [9.17, 15) is 14.7 Å². The molecule has 0 saturated carbocycles. The Morgan fingerprint density at radius 3 is 2.14 bits per heavy atom. The van der Waals surface area contributed by atoms with Gasteiger partial charge in [-0.15, -0.1) is 0 Å². The van der Waals surface area contributed by atoms with Crippen LogP contribution in [0.5, 0.6) is 0 Å². The molecule has 122 valence electrons. The van der Waals surface area contributed by atoms with E-state index in [1.807, 2.05) is 34.6 Å². The third-order valence-electron chi connectivity index (χ3n) is 3.26. The van der Waals surface area contributed by atoms with Crippen molar-refractivity contribution in [3.05, 3.63) is 0 Å². The second-order valence-corrected chi connectivity index (χ2v) is 6.94. The van der Waals surface area contributed by atoms with E-state index in [1.54, 1.807) is 7.05 Å². The average molecular weight is 300 g/mol. The Morgan fingerprint density at radius 2 is 1.81 bits per heavy atom. The van der Waals surface area contributed by atoms with Crippen molar-refractivity contribution < 1.29 is 19.7 Å². The summed E-state index contributed by atoms with van der Waals surface area (Å²) in [6.45, 7) is 9.71. The molecule has 0 aliphatic carbocycles. The topological polar surface area (TPSA) is 106 Å². The number of amides is 2. The largest absolute Gasteiger partial charge is 0.463 e. The SMILES string of the molecule is CNC(=O)C([NH+]=C(O)C(CC(N)=O)CC(C)C)C(C)(C)C. The number of nitrogens with one attached hydrogen (secondary N) is 2. The van der Waals surface area contributed by atoms with E-state index in [0.29, 0.717) is 12.3 Å². The Balaban J connectivity index is 5.38. The molecule has 0 aromatic heterocycles. The summed E-state index contributed by atoms with van der Waals surface area (Å²) in [6.07, 6.45) is 0.675. The van der Waals surface area contributed by atoms with Crippen LogP contribution in [-0.2, 0) is 9.59 Å². The highest BCUT2D eigenvalue weighted by Crippen LogP contribution is 2.17. The van der Waals surface area contributed by atoms with Crippen molar-refractivity contribution >= 4 is 17.7 Å². The van der Waals surface area contributed by atoms with Crippen molar-refractivity contribution in [2.45, 2.75) is 53.5 Å². The van der Waals surface area contributed by atoms with Crippen LogP contribution in [0.3, 0.4) is 0 Å². The fourth-order valence-electron chi connectivity index (χ4n) is 2.19. The van der Waals surface area contributed by atoms with E-state index in [4.69, 9.17) is 5.73 Å². The van der Waals surface area contributed by atoms with Crippen LogP contribution >= 0.6 is 0 Å². The molecule has 0 heterocycles. The van der Waals surface area contributed by atoms with Crippen LogP contribution < -0.4 is 16.0 Å². The lowest BCUT2D eigenvalue weighted by Crippen LogP contribution is -2.87. The molecule has 0 fully saturated rings. The van der Waals surface area contributed by atoms with Gasteiger partial charge in [0.15, 0.2) is 0 Å². The minimum Gasteiger partial charge on any atom is -0.463 e. The molecule has 0 rings (SSSR count). The van der Waals surface area contributed by atoms with Gasteiger partial charge >= 0.3 is 5.90 Å². The highest BCUT2D eigenvalue weighted by Gasteiger charge is 2.37. The van der Waals surface area contributed by atoms with E-state index in [-0.39, 0.29) is 23.6 Å². The molecular weight excluding hydrogens is 270 g/mol. The Morgan fingerprint density at radius 1 is 1.29 bits per heavy atom. The summed E-state index contributed by atoms with van der Waals surface area (Å²) >= 11 is 0. The lowest BCUT2D eigenvalue weighted by Gasteiger charge is -2.22. The number of aliphatic hydroxyl groups excluding tert-OH is 1. The molecule has 21 heavy (non-hydrogen) atoms. The predicted octanol–water partition coefficient (Wildman–Crippen LogP) is -0.278. The van der Waals surface area contributed by atoms with E-state index in [2.05, 4.69) is 10.3 Å². The molecule has 2 amide bonds. The third-order valence-corrected chi connectivity index (χ3v) is 3.26. The maximum atomic E-state index is 12.0. The first-order valence-corrected chi connectivity index (χ1v) is 7.31. The van der Waals surface area contributed by atoms with Gasteiger partial charge in [0.25, 0.3) is 5.91 Å². The molecule has 0 aromatic rings. The number of carbonyl (C=O) groups is 2. The van der Waals surface area contributed by atoms with Crippen LogP contribution in [0.2, 0.25) is 0 Å². The molecule has 0 aromatic carbocycles. The number of carbonyl (C=O) groups excluding carboxylic acids is 2. The highest BCUT2D eigenvalue weighted by molar-refractivity contribution is 5.83. The number of aliphatic hydroxyl groups is 1. The first-order chi connectivity index (χ1) is 9.48. The summed E-state index contributed by atoms with van der Waals surface area (Å²) in [7, 11) is 1.55. The van der Waals surface area contributed by atoms with Crippen molar-refractivity contribution in [1.82, 2.24) is 5.32 Å². The lowest BCUT2D eigenvalue weighted by atomic mass is 9.86. The minimum atomic E-state index is -0.593. The second kappa shape index (κ2) is 8.00. The molecular formula is C15H30N3O3+. The van der Waals surface area contributed by atoms with Gasteiger partial charge in [-0.1, -0.05) is 34.6 Å². The Kier molecular flexibility index (Phi) is 7.39. The number of rotatable bonds is 7. The molecule has 6 heteroatoms. The van der Waals surface area contributed by atoms with Crippen LogP contribution in [0.25, 0.3) is 0 Å². The quantitative estimate of drug-likeness (QED) is 0.384. The van der Waals surface area contributed by atoms with E-state index >= 15 is 0 Å². The maximum Gasteiger partial charge on any atom is 0.336 e. The normalized spacial score (nSPS) is 15.7. The number of primary amides is 1. The number of hydrogen-bond donors (Lipinski definition) is 4. The summed E-state index contributed by atoms with van der Waals surface area (Å²) in [5.41, 5.74) is 4.85. The molecule has 0 spiro atoms. The Hall–Kier alpha value is -1.59. The number of nitrogens with two attached hydrogens (primary N) is 1. The monoisotopic (exact) mass is 300 g/mol. The van der Waals surface area contributed by atoms with Gasteiger partial charge in [0.05, 0.1) is 5.92 Å². The van der Waals surface area contributed by atoms with Crippen molar-refractivity contribution in [1.29, 1.82) is 0 Å². The summed E-state index contributed by atoms with van der Waals surface area (Å²) < 4.78 is 0. The minimum absolute atomic E-state index is 0.0500. The smallest absolute Gasteiger partial charge is 0.336 e. The Bertz CT molecular complexity index is 397. The predicted molar refractivity (Wildman–Crippen MR) is 82.7 cm³/mol. The van der Waals surface area contributed by atoms with Gasteiger partial charge in [0, 0.05) is 18.9 Å². The molecule has 0 aliphatic rings. The summed E-state index contributed by atoms with van der Waals surface area (Å²) in [4.78, 5) is 26.0. The van der Waals surface area contributed by atoms with Gasteiger partial charge < -0.3 is 16.2 Å². The number of likely N-dealkylation sites (N-methyl/N-ethyl adjacent to an activating group) is 1. The molecule has 2 atom stereocenters. The lowest BCUT2D eigenvalue weighted by molar-refractivity contribution is -0.516. The van der Waals surface area contributed by atoms with E-state index in [1.165, 1.54) is 0 Å². The molecule has 2 unspecified atom stereocenters. The van der Waals surface area contributed by atoms with E-state index in [0.717, 1.165) is 0 Å². The van der Waals surface area contributed by atoms with Crippen molar-refractivity contribution in [2.75, 3.05) is 7.05 Å². The zero-order chi connectivity index (χ0) is 16.8. The van der Waals surface area contributed by atoms with Crippen LogP contribution in [0.1, 0.15) is 47.5 Å². The van der Waals surface area contributed by atoms with Gasteiger partial charge in [-0.2, -0.15) is 0 Å². The van der Waals surface area contributed by atoms with Gasteiger partial charge in [-0.3, -0.25) is 9.59 Å². The number of hydrogen-bond acceptors (Lipinski definition) is 2. The molecule has 5 N–H and O–H groups in total. The van der Waals surface area contributed by atoms with E-state index < -0.39 is 17.9 Å². The van der Waals surface area contributed by atoms with Gasteiger partial charge in [-0.25, -0.2) is 4.99 Å². The standard InChI is InChI=1S/C15H29N3O3/c1-9(2)7-10(8-11(16)19)13(20)18-12(14(21)17-6)15(3,4)5/h9-10,12H,7-8H2,1-6H3,(H2,16,19)(H,17,21)(H,18,20)/p+1. The van der Waals surface area contributed by atoms with Crippen molar-refractivity contribution in [3.63, 3.8) is 0 Å². The average Bonchev–Trinajstić information content (AvgIpc) is 2.31. The molecule has 0 saturated heterocycles. The molecule has 0 radical (unpaired) electrons. The zero-order valence-corrected chi connectivity index (χ0v) is 14.0. The first-order valence-electron chi connectivity index (χ1n) is 7.31. The highest BCUT2D eigenvalue weighted by atomic mass is 16.3. The molecule has 6 nitrogen and oxygen atoms in total. The Labute approximate surface area is 127 Å². The summed E-state index contributed by atoms with van der Waals surface area (Å²) in [6, 6.07) is -0.593. The van der Waals surface area contributed by atoms with Gasteiger partial charge in [0.1, 0.15) is 0 Å². The molecule has 0 aliphatic heterocycles. The van der Waals surface area contributed by atoms with Crippen LogP contribution in [0.15, 0.2) is 0 Å². The van der Waals surface area contributed by atoms with Crippen LogP contribution in [0, 0.1) is 17.3 Å². The van der Waals surface area contributed by atoms with Crippen molar-refractivity contribution in [2.24, 2.45) is 23.0 Å². The maximum absolute atomic E-state index is 12.0. The summed E-state index contributed by atoms with van der Waals surface area (Å²) in [5.74, 6) is -0.827. The second-order valence-electron chi connectivity index (χ2n) is 6.94. The fraction of sp³-hybridized carbons (Fsp3) is 0.800. The zero-order valence-electron chi connectivity index (χ0n) is 14.0.